The molecule has 1 heterocycles. The number of nitrogens with zero attached hydrogens (tertiary/aromatic N) is 1. The van der Waals surface area contributed by atoms with Gasteiger partial charge in [0.15, 0.2) is 0 Å². The van der Waals surface area contributed by atoms with E-state index in [4.69, 9.17) is 0 Å². The summed E-state index contributed by atoms with van der Waals surface area (Å²) >= 11 is 0. The van der Waals surface area contributed by atoms with Crippen molar-refractivity contribution in [3.05, 3.63) is 36.0 Å². The highest BCUT2D eigenvalue weighted by Gasteiger charge is 2.12. The average Bonchev–Trinajstić information content (AvgIpc) is 2.56. The lowest BCUT2D eigenvalue weighted by atomic mass is 10.2. The highest BCUT2D eigenvalue weighted by molar-refractivity contribution is 5.95. The van der Waals surface area contributed by atoms with E-state index >= 15 is 0 Å². The number of carbonyl (C=O) groups is 1. The van der Waals surface area contributed by atoms with Crippen molar-refractivity contribution in [2.45, 2.75) is 0 Å². The molecular weight excluding hydrogens is 178 g/mol. The van der Waals surface area contributed by atoms with Crippen molar-refractivity contribution < 1.29 is 9.53 Å². The normalized spacial score (nSPS) is 10.4. The quantitative estimate of drug-likeness (QED) is 0.642. The number of aryl methyl sites for hydroxylation is 1. The number of esters is 1. The van der Waals surface area contributed by atoms with Crippen LogP contribution in [0.5, 0.6) is 0 Å². The number of fused-ring (bicyclic) bond motifs is 1. The summed E-state index contributed by atoms with van der Waals surface area (Å²) in [5.41, 5.74) is 1.61. The molecule has 0 unspecified atom stereocenters. The minimum atomic E-state index is -0.302. The topological polar surface area (TPSA) is 31.2 Å². The number of carbonyl (C=O) groups excluding carboxylic acids is 1. The van der Waals surface area contributed by atoms with Gasteiger partial charge in [0.25, 0.3) is 0 Å². The molecule has 0 N–H and O–H groups in total. The minimum absolute atomic E-state index is 0.302. The molecular formula is C11H11NO2. The molecule has 1 aromatic carbocycles. The molecule has 0 bridgehead atoms. The maximum absolute atomic E-state index is 11.4. The van der Waals surface area contributed by atoms with E-state index in [2.05, 4.69) is 4.74 Å². The van der Waals surface area contributed by atoms with Crippen molar-refractivity contribution in [1.82, 2.24) is 4.57 Å². The molecule has 0 radical (unpaired) electrons. The summed E-state index contributed by atoms with van der Waals surface area (Å²) in [6, 6.07) is 9.68. The van der Waals surface area contributed by atoms with E-state index in [1.54, 1.807) is 0 Å². The highest BCUT2D eigenvalue weighted by Crippen LogP contribution is 2.18. The van der Waals surface area contributed by atoms with Gasteiger partial charge < -0.3 is 9.30 Å². The van der Waals surface area contributed by atoms with Crippen molar-refractivity contribution in [2.75, 3.05) is 7.11 Å². The summed E-state index contributed by atoms with van der Waals surface area (Å²) in [7, 11) is 3.24. The van der Waals surface area contributed by atoms with Crippen LogP contribution in [-0.2, 0) is 11.8 Å². The molecule has 14 heavy (non-hydrogen) atoms. The van der Waals surface area contributed by atoms with Crippen LogP contribution in [0.15, 0.2) is 30.3 Å². The average molecular weight is 189 g/mol. The van der Waals surface area contributed by atoms with Crippen molar-refractivity contribution in [2.24, 2.45) is 7.05 Å². The summed E-state index contributed by atoms with van der Waals surface area (Å²) in [4.78, 5) is 11.4. The lowest BCUT2D eigenvalue weighted by Gasteiger charge is -2.00. The molecule has 0 amide bonds. The van der Waals surface area contributed by atoms with E-state index in [0.717, 1.165) is 10.9 Å². The first kappa shape index (κ1) is 8.81. The van der Waals surface area contributed by atoms with Crippen LogP contribution in [0.2, 0.25) is 0 Å². The van der Waals surface area contributed by atoms with E-state index < -0.39 is 0 Å². The number of rotatable bonds is 1. The van der Waals surface area contributed by atoms with Crippen molar-refractivity contribution in [3.8, 4) is 0 Å². The summed E-state index contributed by atoms with van der Waals surface area (Å²) in [6.45, 7) is 0. The molecule has 2 aromatic rings. The van der Waals surface area contributed by atoms with Gasteiger partial charge in [0.1, 0.15) is 5.69 Å². The summed E-state index contributed by atoms with van der Waals surface area (Å²) < 4.78 is 6.52. The van der Waals surface area contributed by atoms with Gasteiger partial charge in [0.2, 0.25) is 0 Å². The zero-order valence-electron chi connectivity index (χ0n) is 8.15. The highest BCUT2D eigenvalue weighted by atomic mass is 16.5. The van der Waals surface area contributed by atoms with Gasteiger partial charge in [0, 0.05) is 18.0 Å². The van der Waals surface area contributed by atoms with Crippen LogP contribution in [0, 0.1) is 0 Å². The third kappa shape index (κ3) is 1.18. The fraction of sp³-hybridized carbons (Fsp3) is 0.182. The zero-order valence-corrected chi connectivity index (χ0v) is 8.15. The van der Waals surface area contributed by atoms with Crippen LogP contribution < -0.4 is 0 Å². The fourth-order valence-electron chi connectivity index (χ4n) is 1.59. The van der Waals surface area contributed by atoms with Crippen molar-refractivity contribution >= 4 is 16.9 Å². The van der Waals surface area contributed by atoms with Crippen LogP contribution in [0.1, 0.15) is 10.5 Å². The van der Waals surface area contributed by atoms with Gasteiger partial charge >= 0.3 is 5.97 Å². The predicted molar refractivity (Wildman–Crippen MR) is 54.3 cm³/mol. The summed E-state index contributed by atoms with van der Waals surface area (Å²) in [5, 5.41) is 1.05. The molecule has 0 fully saturated rings. The van der Waals surface area contributed by atoms with Gasteiger partial charge in [0.05, 0.1) is 7.11 Å². The molecule has 3 nitrogen and oxygen atoms in total. The number of ether oxygens (including phenoxy) is 1. The van der Waals surface area contributed by atoms with Gasteiger partial charge in [-0.3, -0.25) is 0 Å². The monoisotopic (exact) mass is 189 g/mol. The van der Waals surface area contributed by atoms with E-state index in [1.807, 2.05) is 41.9 Å². The van der Waals surface area contributed by atoms with Gasteiger partial charge in [-0.1, -0.05) is 18.2 Å². The van der Waals surface area contributed by atoms with Gasteiger partial charge in [-0.25, -0.2) is 4.79 Å². The second-order valence-corrected chi connectivity index (χ2v) is 3.14. The first-order valence-corrected chi connectivity index (χ1v) is 4.37. The number of aromatic nitrogens is 1. The Labute approximate surface area is 81.9 Å². The maximum atomic E-state index is 11.4. The van der Waals surface area contributed by atoms with Crippen LogP contribution >= 0.6 is 0 Å². The van der Waals surface area contributed by atoms with Crippen LogP contribution in [0.25, 0.3) is 10.9 Å². The number of hydrogen-bond donors (Lipinski definition) is 0. The Morgan fingerprint density at radius 1 is 1.36 bits per heavy atom. The third-order valence-corrected chi connectivity index (χ3v) is 2.35. The molecule has 0 spiro atoms. The maximum Gasteiger partial charge on any atom is 0.354 e. The number of para-hydroxylation sites is 1. The molecule has 2 rings (SSSR count). The number of benzene rings is 1. The predicted octanol–water partition coefficient (Wildman–Crippen LogP) is 1.96. The van der Waals surface area contributed by atoms with E-state index in [1.165, 1.54) is 7.11 Å². The summed E-state index contributed by atoms with van der Waals surface area (Å²) in [6.07, 6.45) is 0. The molecule has 72 valence electrons. The van der Waals surface area contributed by atoms with Crippen molar-refractivity contribution in [3.63, 3.8) is 0 Å². The largest absolute Gasteiger partial charge is 0.464 e. The molecule has 0 saturated carbocycles. The first-order chi connectivity index (χ1) is 6.74. The van der Waals surface area contributed by atoms with Crippen LogP contribution in [0.3, 0.4) is 0 Å². The summed E-state index contributed by atoms with van der Waals surface area (Å²) in [5.74, 6) is -0.302. The van der Waals surface area contributed by atoms with Crippen molar-refractivity contribution in [1.29, 1.82) is 0 Å². The molecule has 0 atom stereocenters. The third-order valence-electron chi connectivity index (χ3n) is 2.35. The van der Waals surface area contributed by atoms with Crippen LogP contribution in [0.4, 0.5) is 0 Å². The molecule has 0 saturated heterocycles. The molecule has 0 aliphatic rings. The van der Waals surface area contributed by atoms with Gasteiger partial charge in [-0.15, -0.1) is 0 Å². The molecule has 0 aliphatic heterocycles. The zero-order chi connectivity index (χ0) is 10.1. The molecule has 1 aromatic heterocycles. The Morgan fingerprint density at radius 3 is 2.71 bits per heavy atom. The molecule has 0 aliphatic carbocycles. The van der Waals surface area contributed by atoms with E-state index in [-0.39, 0.29) is 5.97 Å². The second kappa shape index (κ2) is 3.18. The smallest absolute Gasteiger partial charge is 0.354 e. The Hall–Kier alpha value is -1.77. The van der Waals surface area contributed by atoms with Gasteiger partial charge in [-0.05, 0) is 12.1 Å². The fourth-order valence-corrected chi connectivity index (χ4v) is 1.59. The Kier molecular flexibility index (Phi) is 2.00. The minimum Gasteiger partial charge on any atom is -0.464 e. The Morgan fingerprint density at radius 2 is 2.07 bits per heavy atom. The SMILES string of the molecule is COC(=O)c1cc2ccccc2n1C. The molecule has 3 heteroatoms. The standard InChI is InChI=1S/C11H11NO2/c1-12-9-6-4-3-5-8(9)7-10(12)11(13)14-2/h3-7H,1-2H3. The number of hydrogen-bond acceptors (Lipinski definition) is 2. The van der Waals surface area contributed by atoms with E-state index in [0.29, 0.717) is 5.69 Å². The lowest BCUT2D eigenvalue weighted by molar-refractivity contribution is 0.0590. The lowest BCUT2D eigenvalue weighted by Crippen LogP contribution is -2.06. The van der Waals surface area contributed by atoms with Crippen LogP contribution in [-0.4, -0.2) is 17.6 Å². The van der Waals surface area contributed by atoms with Gasteiger partial charge in [-0.2, -0.15) is 0 Å². The van der Waals surface area contributed by atoms with E-state index in [9.17, 15) is 4.79 Å². The first-order valence-electron chi connectivity index (χ1n) is 4.37. The number of methoxy groups -OCH3 is 1. The second-order valence-electron chi connectivity index (χ2n) is 3.14. The Bertz CT molecular complexity index is 485. The Balaban J connectivity index is 2.68.